The van der Waals surface area contributed by atoms with E-state index in [-0.39, 0.29) is 11.7 Å². The Balaban J connectivity index is 1.28. The Labute approximate surface area is 216 Å². The quantitative estimate of drug-likeness (QED) is 0.525. The molecule has 3 heterocycles. The number of benzene rings is 2. The number of halogens is 1. The summed E-state index contributed by atoms with van der Waals surface area (Å²) in [7, 11) is 1.89. The molecule has 3 aromatic rings. The lowest BCUT2D eigenvalue weighted by atomic mass is 10.1. The molecule has 2 aliphatic heterocycles. The second kappa shape index (κ2) is 9.68. The normalized spacial score (nSPS) is 18.5. The largest absolute Gasteiger partial charge is 0.444 e. The molecule has 1 unspecified atom stereocenters. The summed E-state index contributed by atoms with van der Waals surface area (Å²) >= 11 is 0. The number of anilines is 1. The zero-order valence-corrected chi connectivity index (χ0v) is 21.9. The van der Waals surface area contributed by atoms with Crippen LogP contribution in [0.1, 0.15) is 33.6 Å². The number of amides is 2. The molecule has 5 rings (SSSR count). The number of piperazine rings is 1. The first-order valence-electron chi connectivity index (χ1n) is 12.9. The van der Waals surface area contributed by atoms with Gasteiger partial charge in [0.15, 0.2) is 0 Å². The van der Waals surface area contributed by atoms with E-state index in [1.807, 2.05) is 67.6 Å². The van der Waals surface area contributed by atoms with Gasteiger partial charge in [-0.15, -0.1) is 0 Å². The van der Waals surface area contributed by atoms with Gasteiger partial charge in [0.25, 0.3) is 0 Å². The van der Waals surface area contributed by atoms with E-state index < -0.39 is 17.7 Å². The van der Waals surface area contributed by atoms with Crippen LogP contribution in [-0.4, -0.2) is 75.7 Å². The maximum atomic E-state index is 14.9. The minimum absolute atomic E-state index is 0.0255. The number of nitrogens with zero attached hydrogens (tertiary/aromatic N) is 5. The maximum absolute atomic E-state index is 14.9. The van der Waals surface area contributed by atoms with Gasteiger partial charge in [0.05, 0.1) is 16.6 Å². The molecule has 0 N–H and O–H groups in total. The number of aromatic nitrogens is 2. The minimum atomic E-state index is -0.603. The Bertz CT molecular complexity index is 1320. The standard InChI is InChI=1S/C28H34FN5O3/c1-28(2,3)37-27(36)34-13-7-10-24(34)26(35)33-16-14-32(15-17-33)19-11-12-21(29)20(18-19)25-30-22-8-5-6-9-23(22)31(25)4/h5-6,8-9,11-12,18,24H,7,10,13-17H2,1-4H3. The Kier molecular flexibility index (Phi) is 6.56. The van der Waals surface area contributed by atoms with Crippen molar-refractivity contribution in [2.24, 2.45) is 7.05 Å². The lowest BCUT2D eigenvalue weighted by molar-refractivity contribution is -0.136. The van der Waals surface area contributed by atoms with E-state index in [4.69, 9.17) is 4.74 Å². The number of carbonyl (C=O) groups excluding carboxylic acids is 2. The van der Waals surface area contributed by atoms with Gasteiger partial charge in [-0.25, -0.2) is 14.2 Å². The highest BCUT2D eigenvalue weighted by atomic mass is 19.1. The number of likely N-dealkylation sites (tertiary alicyclic amines) is 1. The molecule has 0 saturated carbocycles. The lowest BCUT2D eigenvalue weighted by Gasteiger charge is -2.38. The molecule has 2 amide bonds. The van der Waals surface area contributed by atoms with Crippen molar-refractivity contribution in [3.8, 4) is 11.4 Å². The molecule has 2 fully saturated rings. The van der Waals surface area contributed by atoms with Crippen molar-refractivity contribution in [3.05, 3.63) is 48.3 Å². The SMILES string of the molecule is Cn1c(-c2cc(N3CCN(C(=O)C4CCCN4C(=O)OC(C)(C)C)CC3)ccc2F)nc2ccccc21. The summed E-state index contributed by atoms with van der Waals surface area (Å²) in [4.78, 5) is 36.2. The number of ether oxygens (including phenoxy) is 1. The molecule has 2 aromatic carbocycles. The van der Waals surface area contributed by atoms with Crippen LogP contribution in [0.5, 0.6) is 0 Å². The van der Waals surface area contributed by atoms with Gasteiger partial charge in [0.2, 0.25) is 5.91 Å². The van der Waals surface area contributed by atoms with Gasteiger partial charge in [0.1, 0.15) is 23.3 Å². The number of imidazole rings is 1. The summed E-state index contributed by atoms with van der Waals surface area (Å²) in [6, 6.07) is 12.4. The zero-order valence-electron chi connectivity index (χ0n) is 21.9. The van der Waals surface area contributed by atoms with Crippen LogP contribution in [0.2, 0.25) is 0 Å². The van der Waals surface area contributed by atoms with Crippen molar-refractivity contribution in [2.75, 3.05) is 37.6 Å². The summed E-state index contributed by atoms with van der Waals surface area (Å²) in [6.45, 7) is 8.34. The fraction of sp³-hybridized carbons (Fsp3) is 0.464. The highest BCUT2D eigenvalue weighted by Crippen LogP contribution is 2.30. The molecule has 196 valence electrons. The van der Waals surface area contributed by atoms with Crippen LogP contribution in [-0.2, 0) is 16.6 Å². The van der Waals surface area contributed by atoms with E-state index >= 15 is 0 Å². The average Bonchev–Trinajstić information content (AvgIpc) is 3.49. The van der Waals surface area contributed by atoms with Crippen LogP contribution < -0.4 is 4.90 Å². The molecule has 0 spiro atoms. The van der Waals surface area contributed by atoms with E-state index in [0.29, 0.717) is 50.5 Å². The van der Waals surface area contributed by atoms with Gasteiger partial charge in [0, 0.05) is 45.5 Å². The van der Waals surface area contributed by atoms with Crippen molar-refractivity contribution in [2.45, 2.75) is 45.3 Å². The van der Waals surface area contributed by atoms with Gasteiger partial charge in [-0.2, -0.15) is 0 Å². The van der Waals surface area contributed by atoms with Crippen LogP contribution in [0, 0.1) is 5.82 Å². The molecule has 2 aliphatic rings. The number of rotatable bonds is 3. The fourth-order valence-corrected chi connectivity index (χ4v) is 5.23. The van der Waals surface area contributed by atoms with E-state index in [0.717, 1.165) is 23.1 Å². The molecule has 0 radical (unpaired) electrons. The first-order valence-corrected chi connectivity index (χ1v) is 12.9. The van der Waals surface area contributed by atoms with Crippen LogP contribution in [0.15, 0.2) is 42.5 Å². The van der Waals surface area contributed by atoms with Crippen LogP contribution in [0.4, 0.5) is 14.9 Å². The molecule has 2 saturated heterocycles. The van der Waals surface area contributed by atoms with Gasteiger partial charge in [-0.3, -0.25) is 9.69 Å². The first-order chi connectivity index (χ1) is 17.6. The third kappa shape index (κ3) is 4.99. The maximum Gasteiger partial charge on any atom is 0.410 e. The van der Waals surface area contributed by atoms with Gasteiger partial charge >= 0.3 is 6.09 Å². The summed E-state index contributed by atoms with van der Waals surface area (Å²) < 4.78 is 22.3. The first kappa shape index (κ1) is 25.0. The Morgan fingerprint density at radius 1 is 1.03 bits per heavy atom. The van der Waals surface area contributed by atoms with Crippen molar-refractivity contribution in [1.29, 1.82) is 0 Å². The molecule has 1 aromatic heterocycles. The van der Waals surface area contributed by atoms with E-state index in [9.17, 15) is 14.0 Å². The fourth-order valence-electron chi connectivity index (χ4n) is 5.23. The van der Waals surface area contributed by atoms with Crippen molar-refractivity contribution in [3.63, 3.8) is 0 Å². The van der Waals surface area contributed by atoms with E-state index in [1.54, 1.807) is 11.0 Å². The monoisotopic (exact) mass is 507 g/mol. The molecular formula is C28H34FN5O3. The third-order valence-electron chi connectivity index (χ3n) is 7.10. The summed E-state index contributed by atoms with van der Waals surface area (Å²) in [5.74, 6) is 0.236. The number of hydrogen-bond acceptors (Lipinski definition) is 5. The Morgan fingerprint density at radius 3 is 2.46 bits per heavy atom. The van der Waals surface area contributed by atoms with E-state index in [1.165, 1.54) is 6.07 Å². The number of hydrogen-bond donors (Lipinski definition) is 0. The number of fused-ring (bicyclic) bond motifs is 1. The molecule has 0 bridgehead atoms. The number of para-hydroxylation sites is 2. The van der Waals surface area contributed by atoms with Gasteiger partial charge in [-0.05, 0) is 63.9 Å². The predicted octanol–water partition coefficient (Wildman–Crippen LogP) is 4.43. The van der Waals surface area contributed by atoms with Crippen molar-refractivity contribution >= 4 is 28.7 Å². The molecular weight excluding hydrogens is 473 g/mol. The molecule has 37 heavy (non-hydrogen) atoms. The van der Waals surface area contributed by atoms with E-state index in [2.05, 4.69) is 9.88 Å². The highest BCUT2D eigenvalue weighted by molar-refractivity contribution is 5.86. The van der Waals surface area contributed by atoms with Crippen LogP contribution in [0.25, 0.3) is 22.4 Å². The summed E-state index contributed by atoms with van der Waals surface area (Å²) in [6.07, 6.45) is 1.01. The van der Waals surface area contributed by atoms with Crippen molar-refractivity contribution < 1.29 is 18.7 Å². The molecule has 8 nitrogen and oxygen atoms in total. The Morgan fingerprint density at radius 2 is 1.76 bits per heavy atom. The molecule has 9 heteroatoms. The second-order valence-electron chi connectivity index (χ2n) is 10.8. The second-order valence-corrected chi connectivity index (χ2v) is 10.8. The molecule has 1 atom stereocenters. The van der Waals surface area contributed by atoms with Crippen LogP contribution >= 0.6 is 0 Å². The highest BCUT2D eigenvalue weighted by Gasteiger charge is 2.39. The van der Waals surface area contributed by atoms with Crippen LogP contribution in [0.3, 0.4) is 0 Å². The smallest absolute Gasteiger partial charge is 0.410 e. The average molecular weight is 508 g/mol. The summed E-state index contributed by atoms with van der Waals surface area (Å²) in [5.41, 5.74) is 2.51. The topological polar surface area (TPSA) is 70.9 Å². The van der Waals surface area contributed by atoms with Crippen molar-refractivity contribution in [1.82, 2.24) is 19.4 Å². The zero-order chi connectivity index (χ0) is 26.3. The lowest BCUT2D eigenvalue weighted by Crippen LogP contribution is -2.54. The third-order valence-corrected chi connectivity index (χ3v) is 7.10. The van der Waals surface area contributed by atoms with Gasteiger partial charge in [-0.1, -0.05) is 12.1 Å². The minimum Gasteiger partial charge on any atom is -0.444 e. The number of carbonyl (C=O) groups is 2. The summed E-state index contributed by atoms with van der Waals surface area (Å²) in [5, 5.41) is 0. The molecule has 0 aliphatic carbocycles. The Hall–Kier alpha value is -3.62. The van der Waals surface area contributed by atoms with Gasteiger partial charge < -0.3 is 19.1 Å². The number of aryl methyl sites for hydroxylation is 1. The predicted molar refractivity (Wildman–Crippen MR) is 141 cm³/mol.